The highest BCUT2D eigenvalue weighted by Crippen LogP contribution is 2.48. The van der Waals surface area contributed by atoms with E-state index in [1.165, 1.54) is 0 Å². The molecule has 8 heteroatoms. The molecule has 6 rings (SSSR count). The van der Waals surface area contributed by atoms with E-state index in [1.54, 1.807) is 17.0 Å². The van der Waals surface area contributed by atoms with Crippen molar-refractivity contribution < 1.29 is 19.8 Å². The number of aldehydes is 1. The Bertz CT molecular complexity index is 1610. The molecule has 0 fully saturated rings. The smallest absolute Gasteiger partial charge is 0.249 e. The third-order valence-corrected chi connectivity index (χ3v) is 8.92. The minimum atomic E-state index is -0.668. The molecule has 1 unspecified atom stereocenters. The van der Waals surface area contributed by atoms with Crippen LogP contribution in [0, 0.1) is 0 Å². The zero-order chi connectivity index (χ0) is 27.3. The number of fused-ring (bicyclic) bond motifs is 6. The van der Waals surface area contributed by atoms with Gasteiger partial charge in [0.15, 0.2) is 0 Å². The second kappa shape index (κ2) is 10.2. The summed E-state index contributed by atoms with van der Waals surface area (Å²) in [6.07, 6.45) is 1.34. The molecule has 3 atom stereocenters. The Kier molecular flexibility index (Phi) is 6.77. The van der Waals surface area contributed by atoms with Gasteiger partial charge in [-0.2, -0.15) is 0 Å². The van der Waals surface area contributed by atoms with Crippen LogP contribution < -0.4 is 9.80 Å². The minimum absolute atomic E-state index is 0.0480. The number of carbonyl (C=O) groups is 2. The molecule has 2 aliphatic rings. The van der Waals surface area contributed by atoms with Gasteiger partial charge in [-0.15, -0.1) is 23.2 Å². The highest BCUT2D eigenvalue weighted by atomic mass is 35.5. The molecule has 0 spiro atoms. The molecule has 0 saturated carbocycles. The van der Waals surface area contributed by atoms with Crippen LogP contribution in [0.3, 0.4) is 0 Å². The zero-order valence-electron chi connectivity index (χ0n) is 21.2. The van der Waals surface area contributed by atoms with Crippen molar-refractivity contribution in [3.63, 3.8) is 0 Å². The molecule has 4 aromatic carbocycles. The summed E-state index contributed by atoms with van der Waals surface area (Å²) in [4.78, 5) is 29.6. The first-order chi connectivity index (χ1) is 19.0. The molecule has 0 radical (unpaired) electrons. The number of aromatic hydroxyl groups is 2. The Labute approximate surface area is 236 Å². The van der Waals surface area contributed by atoms with E-state index in [4.69, 9.17) is 23.2 Å². The average molecular weight is 563 g/mol. The van der Waals surface area contributed by atoms with Gasteiger partial charge >= 0.3 is 0 Å². The molecule has 2 N–H and O–H groups in total. The van der Waals surface area contributed by atoms with Gasteiger partial charge in [-0.25, -0.2) is 0 Å². The molecule has 4 aromatic rings. The van der Waals surface area contributed by atoms with Crippen LogP contribution in [0.2, 0.25) is 0 Å². The lowest BCUT2D eigenvalue weighted by molar-refractivity contribution is -0.120. The molecular weight excluding hydrogens is 535 g/mol. The maximum atomic E-state index is 14.4. The third-order valence-electron chi connectivity index (χ3n) is 8.18. The molecule has 1 amide bonds. The lowest BCUT2D eigenvalue weighted by Gasteiger charge is -2.33. The van der Waals surface area contributed by atoms with E-state index in [2.05, 4.69) is 0 Å². The number of hydrogen-bond acceptors (Lipinski definition) is 5. The quantitative estimate of drug-likeness (QED) is 0.205. The largest absolute Gasteiger partial charge is 0.507 e. The van der Waals surface area contributed by atoms with Crippen LogP contribution in [-0.2, 0) is 9.59 Å². The summed E-state index contributed by atoms with van der Waals surface area (Å²) in [7, 11) is 0. The molecule has 0 aliphatic carbocycles. The van der Waals surface area contributed by atoms with Gasteiger partial charge in [0.05, 0.1) is 5.69 Å². The van der Waals surface area contributed by atoms with Crippen LogP contribution in [0.4, 0.5) is 11.4 Å². The summed E-state index contributed by atoms with van der Waals surface area (Å²) in [5, 5.41) is 25.0. The Balaban J connectivity index is 1.47. The van der Waals surface area contributed by atoms with E-state index < -0.39 is 6.04 Å². The van der Waals surface area contributed by atoms with Gasteiger partial charge in [0.1, 0.15) is 23.8 Å². The number of hydrogen-bond donors (Lipinski definition) is 2. The Morgan fingerprint density at radius 3 is 1.92 bits per heavy atom. The molecule has 0 bridgehead atoms. The number of alkyl halides is 2. The van der Waals surface area contributed by atoms with Gasteiger partial charge in [0.2, 0.25) is 5.91 Å². The maximum absolute atomic E-state index is 14.4. The standard InChI is InChI=1S/C31H28Cl2N2O4/c32-14-18-16-34(25-12-27(37)20-6-1-3-8-22(20)29(18)25)24(10-5-11-36)31(39)35-17-19(15-33)30-23-9-4-2-7-21(23)28(38)13-26(30)35/h1-4,6-9,11-13,18-19,24,37-38H,5,10,14-17H2/t18-,19-,24?/m1/s1. The normalized spacial score (nSPS) is 18.9. The first-order valence-corrected chi connectivity index (χ1v) is 14.2. The summed E-state index contributed by atoms with van der Waals surface area (Å²) >= 11 is 12.9. The van der Waals surface area contributed by atoms with Crippen LogP contribution in [0.25, 0.3) is 21.5 Å². The number of carbonyl (C=O) groups excluding carboxylic acids is 2. The third kappa shape index (κ3) is 4.09. The van der Waals surface area contributed by atoms with E-state index in [0.29, 0.717) is 37.0 Å². The number of anilines is 2. The lowest BCUT2D eigenvalue weighted by atomic mass is 9.95. The van der Waals surface area contributed by atoms with Crippen molar-refractivity contribution in [2.45, 2.75) is 30.7 Å². The number of amides is 1. The van der Waals surface area contributed by atoms with Gasteiger partial charge in [0, 0.05) is 71.7 Å². The van der Waals surface area contributed by atoms with E-state index in [-0.39, 0.29) is 35.7 Å². The number of phenolic OH excluding ortho intramolecular Hbond substituents is 2. The Morgan fingerprint density at radius 2 is 1.36 bits per heavy atom. The number of rotatable bonds is 7. The van der Waals surface area contributed by atoms with Crippen LogP contribution in [0.15, 0.2) is 60.7 Å². The van der Waals surface area contributed by atoms with Crippen molar-refractivity contribution in [1.82, 2.24) is 0 Å². The summed E-state index contributed by atoms with van der Waals surface area (Å²) < 4.78 is 0. The monoisotopic (exact) mass is 562 g/mol. The van der Waals surface area contributed by atoms with E-state index in [0.717, 1.165) is 44.6 Å². The van der Waals surface area contributed by atoms with E-state index in [9.17, 15) is 19.8 Å². The Hall–Kier alpha value is -3.48. The fourth-order valence-electron chi connectivity index (χ4n) is 6.46. The fraction of sp³-hybridized carbons (Fsp3) is 0.290. The number of phenols is 2. The van der Waals surface area contributed by atoms with Crippen LogP contribution in [0.1, 0.15) is 35.8 Å². The summed E-state index contributed by atoms with van der Waals surface area (Å²) in [6, 6.07) is 17.9. The van der Waals surface area contributed by atoms with Gasteiger partial charge < -0.3 is 24.8 Å². The molecule has 200 valence electrons. The first-order valence-electron chi connectivity index (χ1n) is 13.1. The van der Waals surface area contributed by atoms with E-state index >= 15 is 0 Å². The summed E-state index contributed by atoms with van der Waals surface area (Å²) in [5.74, 6) is 0.599. The average Bonchev–Trinajstić information content (AvgIpc) is 3.52. The molecule has 2 heterocycles. The summed E-state index contributed by atoms with van der Waals surface area (Å²) in [6.45, 7) is 0.870. The van der Waals surface area contributed by atoms with Crippen molar-refractivity contribution >= 4 is 68.3 Å². The highest BCUT2D eigenvalue weighted by molar-refractivity contribution is 6.19. The lowest BCUT2D eigenvalue weighted by Crippen LogP contribution is -2.48. The molecule has 0 aromatic heterocycles. The first kappa shape index (κ1) is 25.8. The van der Waals surface area contributed by atoms with Crippen molar-refractivity contribution in [1.29, 1.82) is 0 Å². The van der Waals surface area contributed by atoms with Gasteiger partial charge in [-0.1, -0.05) is 48.5 Å². The van der Waals surface area contributed by atoms with E-state index in [1.807, 2.05) is 53.4 Å². The van der Waals surface area contributed by atoms with Crippen LogP contribution in [0.5, 0.6) is 11.5 Å². The molecular formula is C31H28Cl2N2O4. The predicted octanol–water partition coefficient (Wildman–Crippen LogP) is 6.26. The number of benzene rings is 4. The number of nitrogens with zero attached hydrogens (tertiary/aromatic N) is 2. The SMILES string of the molecule is O=CCCC(C(=O)N1C[C@@H](CCl)c2c1cc(O)c1ccccc21)N1C[C@@H](CCl)c2c1cc(O)c1ccccc21. The fourth-order valence-corrected chi connectivity index (χ4v) is 6.96. The predicted molar refractivity (Wildman–Crippen MR) is 157 cm³/mol. The highest BCUT2D eigenvalue weighted by Gasteiger charge is 2.42. The zero-order valence-corrected chi connectivity index (χ0v) is 22.7. The maximum Gasteiger partial charge on any atom is 0.249 e. The van der Waals surface area contributed by atoms with Crippen molar-refractivity contribution in [3.05, 3.63) is 71.8 Å². The van der Waals surface area contributed by atoms with Crippen molar-refractivity contribution in [3.8, 4) is 11.5 Å². The molecule has 6 nitrogen and oxygen atoms in total. The van der Waals surface area contributed by atoms with Crippen LogP contribution >= 0.6 is 23.2 Å². The second-order valence-electron chi connectivity index (χ2n) is 10.3. The van der Waals surface area contributed by atoms with Gasteiger partial charge in [-0.05, 0) is 28.3 Å². The van der Waals surface area contributed by atoms with Crippen molar-refractivity contribution in [2.24, 2.45) is 0 Å². The molecule has 2 aliphatic heterocycles. The molecule has 0 saturated heterocycles. The van der Waals surface area contributed by atoms with Gasteiger partial charge in [-0.3, -0.25) is 4.79 Å². The Morgan fingerprint density at radius 1 is 0.846 bits per heavy atom. The van der Waals surface area contributed by atoms with Gasteiger partial charge in [0.25, 0.3) is 0 Å². The topological polar surface area (TPSA) is 81.1 Å². The molecule has 39 heavy (non-hydrogen) atoms. The summed E-state index contributed by atoms with van der Waals surface area (Å²) in [5.41, 5.74) is 3.36. The van der Waals surface area contributed by atoms with Crippen molar-refractivity contribution in [2.75, 3.05) is 34.6 Å². The number of halogens is 2. The van der Waals surface area contributed by atoms with Crippen LogP contribution in [-0.4, -0.2) is 53.3 Å². The minimum Gasteiger partial charge on any atom is -0.507 e. The second-order valence-corrected chi connectivity index (χ2v) is 10.9.